The van der Waals surface area contributed by atoms with E-state index >= 15 is 0 Å². The molecule has 0 unspecified atom stereocenters. The van der Waals surface area contributed by atoms with Gasteiger partial charge in [-0.1, -0.05) is 36.4 Å². The van der Waals surface area contributed by atoms with Crippen LogP contribution in [-0.2, 0) is 0 Å². The summed E-state index contributed by atoms with van der Waals surface area (Å²) >= 11 is 0. The molecule has 6 nitrogen and oxygen atoms in total. The van der Waals surface area contributed by atoms with E-state index in [9.17, 15) is 14.7 Å². The highest BCUT2D eigenvalue weighted by Crippen LogP contribution is 2.27. The number of benzene rings is 2. The van der Waals surface area contributed by atoms with Gasteiger partial charge in [-0.3, -0.25) is 4.79 Å². The minimum Gasteiger partial charge on any atom is -0.545 e. The van der Waals surface area contributed by atoms with Crippen LogP contribution in [0.4, 0.5) is 5.69 Å². The molecular formula is C20H14N3O3-. The summed E-state index contributed by atoms with van der Waals surface area (Å²) in [5.74, 6) is -1.83. The molecule has 0 aliphatic carbocycles. The molecule has 0 aliphatic heterocycles. The number of aromatic nitrogens is 2. The average Bonchev–Trinajstić information content (AvgIpc) is 3.01. The van der Waals surface area contributed by atoms with Gasteiger partial charge in [0, 0.05) is 21.9 Å². The van der Waals surface area contributed by atoms with E-state index in [0.29, 0.717) is 5.69 Å². The van der Waals surface area contributed by atoms with Gasteiger partial charge in [0.2, 0.25) is 0 Å². The fourth-order valence-corrected chi connectivity index (χ4v) is 3.08. The van der Waals surface area contributed by atoms with Gasteiger partial charge >= 0.3 is 0 Å². The van der Waals surface area contributed by atoms with Crippen molar-refractivity contribution in [1.29, 1.82) is 0 Å². The maximum Gasteiger partial charge on any atom is 0.274 e. The van der Waals surface area contributed by atoms with Crippen molar-refractivity contribution in [2.24, 2.45) is 0 Å². The minimum atomic E-state index is -1.35. The van der Waals surface area contributed by atoms with Crippen LogP contribution in [0.3, 0.4) is 0 Å². The standard InChI is InChI=1S/C20H15N3O3/c1-11-18-14(12-6-2-4-8-15(12)22-18)10-17(21-11)19(24)23-16-9-5-3-7-13(16)20(25)26/h2-10,22H,1H3,(H,23,24)(H,25,26)/p-1. The molecule has 6 heteroatoms. The first-order chi connectivity index (χ1) is 12.5. The third-order valence-electron chi connectivity index (χ3n) is 4.31. The van der Waals surface area contributed by atoms with Crippen LogP contribution in [0.25, 0.3) is 21.8 Å². The summed E-state index contributed by atoms with van der Waals surface area (Å²) in [6, 6.07) is 15.6. The number of para-hydroxylation sites is 2. The van der Waals surface area contributed by atoms with Crippen molar-refractivity contribution in [3.8, 4) is 0 Å². The van der Waals surface area contributed by atoms with E-state index < -0.39 is 11.9 Å². The maximum atomic E-state index is 12.6. The lowest BCUT2D eigenvalue weighted by molar-refractivity contribution is -0.254. The Morgan fingerprint density at radius 2 is 1.77 bits per heavy atom. The Bertz CT molecular complexity index is 1180. The molecule has 0 aliphatic rings. The number of hydrogen-bond donors (Lipinski definition) is 2. The Balaban J connectivity index is 1.78. The van der Waals surface area contributed by atoms with Crippen LogP contribution in [0.1, 0.15) is 26.5 Å². The van der Waals surface area contributed by atoms with E-state index in [0.717, 1.165) is 21.8 Å². The molecule has 0 spiro atoms. The summed E-state index contributed by atoms with van der Waals surface area (Å²) in [4.78, 5) is 31.5. The molecule has 4 rings (SSSR count). The highest BCUT2D eigenvalue weighted by atomic mass is 16.4. The summed E-state index contributed by atoms with van der Waals surface area (Å²) in [6.07, 6.45) is 0. The van der Waals surface area contributed by atoms with Gasteiger partial charge in [-0.05, 0) is 25.1 Å². The highest BCUT2D eigenvalue weighted by molar-refractivity contribution is 6.12. The van der Waals surface area contributed by atoms with Crippen LogP contribution in [0, 0.1) is 6.92 Å². The van der Waals surface area contributed by atoms with Crippen molar-refractivity contribution in [3.63, 3.8) is 0 Å². The summed E-state index contributed by atoms with van der Waals surface area (Å²) < 4.78 is 0. The largest absolute Gasteiger partial charge is 0.545 e. The number of carbonyl (C=O) groups is 2. The number of aryl methyl sites for hydroxylation is 1. The number of hydrogen-bond acceptors (Lipinski definition) is 4. The third-order valence-corrected chi connectivity index (χ3v) is 4.31. The normalized spacial score (nSPS) is 11.0. The van der Waals surface area contributed by atoms with Gasteiger partial charge in [0.15, 0.2) is 0 Å². The van der Waals surface area contributed by atoms with Crippen molar-refractivity contribution in [2.75, 3.05) is 5.32 Å². The van der Waals surface area contributed by atoms with Gasteiger partial charge in [-0.15, -0.1) is 0 Å². The lowest BCUT2D eigenvalue weighted by atomic mass is 10.1. The van der Waals surface area contributed by atoms with Crippen molar-refractivity contribution in [1.82, 2.24) is 9.97 Å². The fraction of sp³-hybridized carbons (Fsp3) is 0.0500. The highest BCUT2D eigenvalue weighted by Gasteiger charge is 2.15. The molecule has 4 aromatic rings. The number of carboxylic acid groups (broad SMARTS) is 1. The predicted molar refractivity (Wildman–Crippen MR) is 97.1 cm³/mol. The lowest BCUT2D eigenvalue weighted by Gasteiger charge is -2.11. The van der Waals surface area contributed by atoms with Gasteiger partial charge < -0.3 is 20.2 Å². The molecule has 2 heterocycles. The molecule has 1 amide bonds. The quantitative estimate of drug-likeness (QED) is 0.597. The number of H-pyrrole nitrogens is 1. The zero-order valence-electron chi connectivity index (χ0n) is 13.9. The van der Waals surface area contributed by atoms with E-state index in [1.165, 1.54) is 12.1 Å². The smallest absolute Gasteiger partial charge is 0.274 e. The second kappa shape index (κ2) is 6.00. The molecule has 2 aromatic heterocycles. The number of fused-ring (bicyclic) bond motifs is 3. The van der Waals surface area contributed by atoms with Gasteiger partial charge in [-0.25, -0.2) is 4.98 Å². The summed E-state index contributed by atoms with van der Waals surface area (Å²) in [6.45, 7) is 1.82. The first-order valence-electron chi connectivity index (χ1n) is 8.04. The van der Waals surface area contributed by atoms with Crippen molar-refractivity contribution < 1.29 is 14.7 Å². The Kier molecular flexibility index (Phi) is 3.65. The molecule has 2 aromatic carbocycles. The molecule has 2 N–H and O–H groups in total. The number of amides is 1. The molecule has 0 bridgehead atoms. The molecule has 0 saturated heterocycles. The second-order valence-corrected chi connectivity index (χ2v) is 5.97. The Hall–Kier alpha value is -3.67. The first kappa shape index (κ1) is 15.8. The van der Waals surface area contributed by atoms with Crippen molar-refractivity contribution >= 4 is 39.4 Å². The van der Waals surface area contributed by atoms with Crippen LogP contribution in [0.15, 0.2) is 54.6 Å². The van der Waals surface area contributed by atoms with E-state index in [-0.39, 0.29) is 16.9 Å². The molecular weight excluding hydrogens is 330 g/mol. The number of carboxylic acids is 1. The van der Waals surface area contributed by atoms with Gasteiger partial charge in [-0.2, -0.15) is 0 Å². The molecule has 0 atom stereocenters. The number of nitrogens with one attached hydrogen (secondary N) is 2. The molecule has 0 fully saturated rings. The number of carbonyl (C=O) groups excluding carboxylic acids is 2. The topological polar surface area (TPSA) is 97.9 Å². The number of aromatic amines is 1. The van der Waals surface area contributed by atoms with Crippen molar-refractivity contribution in [3.05, 3.63) is 71.5 Å². The van der Waals surface area contributed by atoms with Crippen LogP contribution >= 0.6 is 0 Å². The Morgan fingerprint density at radius 1 is 1.04 bits per heavy atom. The first-order valence-corrected chi connectivity index (χ1v) is 8.04. The monoisotopic (exact) mass is 344 g/mol. The van der Waals surface area contributed by atoms with Crippen LogP contribution in [-0.4, -0.2) is 21.8 Å². The average molecular weight is 344 g/mol. The number of nitrogens with zero attached hydrogens (tertiary/aromatic N) is 1. The number of rotatable bonds is 3. The minimum absolute atomic E-state index is 0.0780. The fourth-order valence-electron chi connectivity index (χ4n) is 3.08. The van der Waals surface area contributed by atoms with E-state index in [1.54, 1.807) is 18.2 Å². The summed E-state index contributed by atoms with van der Waals surface area (Å²) in [5, 5.41) is 15.7. The zero-order valence-corrected chi connectivity index (χ0v) is 13.9. The molecule has 0 radical (unpaired) electrons. The van der Waals surface area contributed by atoms with Crippen LogP contribution < -0.4 is 10.4 Å². The van der Waals surface area contributed by atoms with Gasteiger partial charge in [0.1, 0.15) is 5.69 Å². The zero-order chi connectivity index (χ0) is 18.3. The van der Waals surface area contributed by atoms with Gasteiger partial charge in [0.25, 0.3) is 5.91 Å². The maximum absolute atomic E-state index is 12.6. The van der Waals surface area contributed by atoms with Crippen LogP contribution in [0.2, 0.25) is 0 Å². The second-order valence-electron chi connectivity index (χ2n) is 5.97. The number of anilines is 1. The third kappa shape index (κ3) is 2.57. The summed E-state index contributed by atoms with van der Waals surface area (Å²) in [5.41, 5.74) is 2.84. The van der Waals surface area contributed by atoms with Crippen LogP contribution in [0.5, 0.6) is 0 Å². The Labute approximate surface area is 148 Å². The van der Waals surface area contributed by atoms with E-state index in [4.69, 9.17) is 0 Å². The molecule has 128 valence electrons. The van der Waals surface area contributed by atoms with E-state index in [2.05, 4.69) is 15.3 Å². The number of pyridine rings is 1. The lowest BCUT2D eigenvalue weighted by Crippen LogP contribution is -2.25. The predicted octanol–water partition coefficient (Wildman–Crippen LogP) is 2.64. The van der Waals surface area contributed by atoms with E-state index in [1.807, 2.05) is 31.2 Å². The van der Waals surface area contributed by atoms with Gasteiger partial charge in [0.05, 0.1) is 22.9 Å². The Morgan fingerprint density at radius 3 is 2.58 bits per heavy atom. The molecule has 26 heavy (non-hydrogen) atoms. The number of aromatic carboxylic acids is 1. The van der Waals surface area contributed by atoms with Crippen molar-refractivity contribution in [2.45, 2.75) is 6.92 Å². The SMILES string of the molecule is Cc1nc(C(=O)Nc2ccccc2C(=O)[O-])cc2c1[nH]c1ccccc12. The summed E-state index contributed by atoms with van der Waals surface area (Å²) in [7, 11) is 0. The molecule has 0 saturated carbocycles.